The van der Waals surface area contributed by atoms with E-state index in [9.17, 15) is 4.79 Å². The molecule has 0 radical (unpaired) electrons. The van der Waals surface area contributed by atoms with Crippen LogP contribution in [0.1, 0.15) is 30.5 Å². The Hall–Kier alpha value is -1.94. The topological polar surface area (TPSA) is 60.9 Å². The largest absolute Gasteiger partial charge is 0.322 e. The monoisotopic (exact) mass is 271 g/mol. The zero-order valence-electron chi connectivity index (χ0n) is 12.7. The molecular formula is C16H21N3O. The fourth-order valence-electron chi connectivity index (χ4n) is 2.11. The molecule has 2 aromatic rings. The summed E-state index contributed by atoms with van der Waals surface area (Å²) < 4.78 is 1.36. The summed E-state index contributed by atoms with van der Waals surface area (Å²) in [7, 11) is 1.65. The smallest absolute Gasteiger partial charge is 0.271 e. The van der Waals surface area contributed by atoms with Gasteiger partial charge in [-0.3, -0.25) is 4.79 Å². The molecule has 0 unspecified atom stereocenters. The van der Waals surface area contributed by atoms with E-state index in [1.165, 1.54) is 15.8 Å². The van der Waals surface area contributed by atoms with Gasteiger partial charge >= 0.3 is 0 Å². The van der Waals surface area contributed by atoms with Gasteiger partial charge < -0.3 is 5.73 Å². The van der Waals surface area contributed by atoms with Gasteiger partial charge in [0.2, 0.25) is 0 Å². The van der Waals surface area contributed by atoms with Crippen LogP contribution in [0.15, 0.2) is 29.1 Å². The minimum absolute atomic E-state index is 0.148. The van der Waals surface area contributed by atoms with Gasteiger partial charge in [0.1, 0.15) is 0 Å². The summed E-state index contributed by atoms with van der Waals surface area (Å²) in [6, 6.07) is 7.95. The molecule has 20 heavy (non-hydrogen) atoms. The number of nitrogens with two attached hydrogens (primary N) is 1. The Morgan fingerprint density at radius 3 is 2.35 bits per heavy atom. The van der Waals surface area contributed by atoms with E-state index >= 15 is 0 Å². The summed E-state index contributed by atoms with van der Waals surface area (Å²) >= 11 is 0. The molecule has 0 aliphatic carbocycles. The molecule has 1 aromatic carbocycles. The van der Waals surface area contributed by atoms with Gasteiger partial charge in [0.25, 0.3) is 5.56 Å². The maximum Gasteiger partial charge on any atom is 0.271 e. The van der Waals surface area contributed by atoms with Gasteiger partial charge in [-0.15, -0.1) is 0 Å². The number of benzene rings is 1. The molecule has 4 nitrogen and oxygen atoms in total. The van der Waals surface area contributed by atoms with Crippen LogP contribution in [-0.4, -0.2) is 9.78 Å². The number of aromatic nitrogens is 2. The maximum atomic E-state index is 12.1. The average Bonchev–Trinajstić information content (AvgIpc) is 2.34. The van der Waals surface area contributed by atoms with E-state index in [2.05, 4.69) is 31.1 Å². The van der Waals surface area contributed by atoms with Gasteiger partial charge in [-0.05, 0) is 51.0 Å². The molecule has 0 atom stereocenters. The standard InChI is InChI=1S/C16H21N3O/c1-10-6-7-12(8-11(10)2)14-9-13(16(3,4)17)15(20)19(5)18-14/h6-9H,17H2,1-5H3. The SMILES string of the molecule is Cc1ccc(-c2cc(C(C)(C)N)c(=O)n(C)n2)cc1C. The molecule has 0 fully saturated rings. The second kappa shape index (κ2) is 4.87. The van der Waals surface area contributed by atoms with Crippen molar-refractivity contribution in [3.05, 3.63) is 51.3 Å². The van der Waals surface area contributed by atoms with Crippen LogP contribution in [0.25, 0.3) is 11.3 Å². The first-order valence-corrected chi connectivity index (χ1v) is 6.65. The highest BCUT2D eigenvalue weighted by molar-refractivity contribution is 5.61. The number of nitrogens with zero attached hydrogens (tertiary/aromatic N) is 2. The third kappa shape index (κ3) is 2.65. The van der Waals surface area contributed by atoms with Crippen molar-refractivity contribution >= 4 is 0 Å². The second-order valence-electron chi connectivity index (χ2n) is 5.89. The molecule has 0 saturated heterocycles. The Balaban J connectivity index is 2.67. The first-order valence-electron chi connectivity index (χ1n) is 6.65. The molecule has 0 spiro atoms. The first kappa shape index (κ1) is 14.5. The lowest BCUT2D eigenvalue weighted by atomic mass is 9.95. The summed E-state index contributed by atoms with van der Waals surface area (Å²) in [4.78, 5) is 12.1. The molecule has 1 aromatic heterocycles. The summed E-state index contributed by atoms with van der Waals surface area (Å²) in [5, 5.41) is 4.34. The van der Waals surface area contributed by atoms with Gasteiger partial charge in [-0.1, -0.05) is 12.1 Å². The molecule has 0 saturated carbocycles. The number of hydrogen-bond acceptors (Lipinski definition) is 3. The molecular weight excluding hydrogens is 250 g/mol. The van der Waals surface area contributed by atoms with E-state index < -0.39 is 5.54 Å². The maximum absolute atomic E-state index is 12.1. The van der Waals surface area contributed by atoms with Crippen molar-refractivity contribution in [3.63, 3.8) is 0 Å². The van der Waals surface area contributed by atoms with Gasteiger partial charge in [0.15, 0.2) is 0 Å². The van der Waals surface area contributed by atoms with Crippen LogP contribution < -0.4 is 11.3 Å². The summed E-state index contributed by atoms with van der Waals surface area (Å²) in [5.41, 5.74) is 10.0. The predicted octanol–water partition coefficient (Wildman–Crippen LogP) is 2.26. The molecule has 0 aliphatic rings. The molecule has 2 rings (SSSR count). The summed E-state index contributed by atoms with van der Waals surface area (Å²) in [6.07, 6.45) is 0. The van der Waals surface area contributed by atoms with E-state index in [4.69, 9.17) is 5.73 Å². The van der Waals surface area contributed by atoms with Crippen LogP contribution in [0.5, 0.6) is 0 Å². The summed E-state index contributed by atoms with van der Waals surface area (Å²) in [5.74, 6) is 0. The Labute approximate surface area is 119 Å². The van der Waals surface area contributed by atoms with Crippen molar-refractivity contribution in [2.45, 2.75) is 33.2 Å². The quantitative estimate of drug-likeness (QED) is 0.911. The normalized spacial score (nSPS) is 11.7. The predicted molar refractivity (Wildman–Crippen MR) is 81.6 cm³/mol. The molecule has 106 valence electrons. The van der Waals surface area contributed by atoms with E-state index in [0.717, 1.165) is 11.3 Å². The van der Waals surface area contributed by atoms with Gasteiger partial charge in [0.05, 0.1) is 5.69 Å². The van der Waals surface area contributed by atoms with E-state index in [1.807, 2.05) is 19.9 Å². The lowest BCUT2D eigenvalue weighted by Crippen LogP contribution is -2.38. The van der Waals surface area contributed by atoms with Crippen LogP contribution in [0.2, 0.25) is 0 Å². The van der Waals surface area contributed by atoms with Gasteiger partial charge in [0, 0.05) is 23.7 Å². The molecule has 1 heterocycles. The van der Waals surface area contributed by atoms with Crippen LogP contribution in [-0.2, 0) is 12.6 Å². The number of rotatable bonds is 2. The molecule has 0 aliphatic heterocycles. The molecule has 0 bridgehead atoms. The van der Waals surface area contributed by atoms with Crippen molar-refractivity contribution < 1.29 is 0 Å². The van der Waals surface area contributed by atoms with Crippen LogP contribution >= 0.6 is 0 Å². The minimum Gasteiger partial charge on any atom is -0.322 e. The van der Waals surface area contributed by atoms with E-state index in [1.54, 1.807) is 13.1 Å². The first-order chi connectivity index (χ1) is 9.20. The van der Waals surface area contributed by atoms with Gasteiger partial charge in [-0.25, -0.2) is 4.68 Å². The fraction of sp³-hybridized carbons (Fsp3) is 0.375. The fourth-order valence-corrected chi connectivity index (χ4v) is 2.11. The molecule has 4 heteroatoms. The van der Waals surface area contributed by atoms with Crippen molar-refractivity contribution in [1.82, 2.24) is 9.78 Å². The third-order valence-corrected chi connectivity index (χ3v) is 3.56. The molecule has 2 N–H and O–H groups in total. The zero-order chi connectivity index (χ0) is 15.1. The minimum atomic E-state index is -0.688. The zero-order valence-corrected chi connectivity index (χ0v) is 12.7. The lowest BCUT2D eigenvalue weighted by molar-refractivity contribution is 0.531. The Morgan fingerprint density at radius 2 is 1.80 bits per heavy atom. The van der Waals surface area contributed by atoms with Crippen molar-refractivity contribution in [3.8, 4) is 11.3 Å². The number of aryl methyl sites for hydroxylation is 3. The average molecular weight is 271 g/mol. The highest BCUT2D eigenvalue weighted by Crippen LogP contribution is 2.22. The van der Waals surface area contributed by atoms with Crippen molar-refractivity contribution in [1.29, 1.82) is 0 Å². The second-order valence-corrected chi connectivity index (χ2v) is 5.89. The third-order valence-electron chi connectivity index (χ3n) is 3.56. The Bertz CT molecular complexity index is 709. The van der Waals surface area contributed by atoms with Gasteiger partial charge in [-0.2, -0.15) is 5.10 Å². The highest BCUT2D eigenvalue weighted by Gasteiger charge is 2.21. The number of hydrogen-bond donors (Lipinski definition) is 1. The van der Waals surface area contributed by atoms with E-state index in [0.29, 0.717) is 5.56 Å². The van der Waals surface area contributed by atoms with Crippen molar-refractivity contribution in [2.24, 2.45) is 12.8 Å². The van der Waals surface area contributed by atoms with Crippen LogP contribution in [0.4, 0.5) is 0 Å². The van der Waals surface area contributed by atoms with Crippen LogP contribution in [0.3, 0.4) is 0 Å². The Morgan fingerprint density at radius 1 is 1.15 bits per heavy atom. The lowest BCUT2D eigenvalue weighted by Gasteiger charge is -2.19. The summed E-state index contributed by atoms with van der Waals surface area (Å²) in [6.45, 7) is 7.79. The van der Waals surface area contributed by atoms with Crippen molar-refractivity contribution in [2.75, 3.05) is 0 Å². The van der Waals surface area contributed by atoms with E-state index in [-0.39, 0.29) is 5.56 Å². The van der Waals surface area contributed by atoms with Crippen LogP contribution in [0, 0.1) is 13.8 Å². The highest BCUT2D eigenvalue weighted by atomic mass is 16.1. The molecule has 0 amide bonds. The Kier molecular flexibility index (Phi) is 3.52.